The van der Waals surface area contributed by atoms with E-state index < -0.39 is 0 Å². The molecule has 1 aromatic rings. The van der Waals surface area contributed by atoms with E-state index in [-0.39, 0.29) is 0 Å². The first-order valence-electron chi connectivity index (χ1n) is 7.68. The Morgan fingerprint density at radius 3 is 2.95 bits per heavy atom. The van der Waals surface area contributed by atoms with Crippen LogP contribution in [0.2, 0.25) is 0 Å². The number of aromatic nitrogens is 1. The molecule has 3 rings (SSSR count). The Labute approximate surface area is 120 Å². The molecule has 1 unspecified atom stereocenters. The molecular weight excluding hydrogens is 248 g/mol. The summed E-state index contributed by atoms with van der Waals surface area (Å²) < 4.78 is 0. The second-order valence-electron chi connectivity index (χ2n) is 5.93. The van der Waals surface area contributed by atoms with Crippen LogP contribution >= 0.6 is 0 Å². The summed E-state index contributed by atoms with van der Waals surface area (Å²) in [5.74, 6) is 0. The van der Waals surface area contributed by atoms with Gasteiger partial charge in [0.2, 0.25) is 0 Å². The van der Waals surface area contributed by atoms with Crippen LogP contribution in [0.5, 0.6) is 0 Å². The molecule has 2 heterocycles. The smallest absolute Gasteiger partial charge is 0.144 e. The van der Waals surface area contributed by atoms with E-state index in [1.54, 1.807) is 6.20 Å². The number of hydrogen-bond donors (Lipinski definition) is 1. The van der Waals surface area contributed by atoms with Gasteiger partial charge in [-0.15, -0.1) is 0 Å². The van der Waals surface area contributed by atoms with Crippen molar-refractivity contribution in [3.63, 3.8) is 0 Å². The van der Waals surface area contributed by atoms with Gasteiger partial charge in [-0.25, -0.2) is 4.98 Å². The van der Waals surface area contributed by atoms with Crippen LogP contribution in [0.1, 0.15) is 43.4 Å². The van der Waals surface area contributed by atoms with Gasteiger partial charge >= 0.3 is 0 Å². The number of piperidine rings is 1. The SMILES string of the molecule is N#Cc1ncccc1CN(CC1CCCCN1)C1CC1. The molecular formula is C16H22N4. The minimum Gasteiger partial charge on any atom is -0.313 e. The Hall–Kier alpha value is -1.44. The summed E-state index contributed by atoms with van der Waals surface area (Å²) in [6, 6.07) is 7.51. The molecule has 20 heavy (non-hydrogen) atoms. The highest BCUT2D eigenvalue weighted by atomic mass is 15.2. The lowest BCUT2D eigenvalue weighted by atomic mass is 10.0. The number of pyridine rings is 1. The van der Waals surface area contributed by atoms with Crippen molar-refractivity contribution < 1.29 is 0 Å². The highest BCUT2D eigenvalue weighted by Gasteiger charge is 2.31. The molecule has 1 atom stereocenters. The molecule has 1 aromatic heterocycles. The molecule has 2 fully saturated rings. The summed E-state index contributed by atoms with van der Waals surface area (Å²) in [5, 5.41) is 12.8. The Kier molecular flexibility index (Phi) is 4.29. The van der Waals surface area contributed by atoms with Gasteiger partial charge in [-0.05, 0) is 38.3 Å². The lowest BCUT2D eigenvalue weighted by molar-refractivity contribution is 0.208. The van der Waals surface area contributed by atoms with Crippen LogP contribution in [0, 0.1) is 11.3 Å². The first-order valence-corrected chi connectivity index (χ1v) is 7.68. The molecule has 0 amide bonds. The second-order valence-corrected chi connectivity index (χ2v) is 5.93. The Balaban J connectivity index is 1.66. The van der Waals surface area contributed by atoms with E-state index in [9.17, 15) is 0 Å². The zero-order valence-electron chi connectivity index (χ0n) is 11.9. The van der Waals surface area contributed by atoms with Crippen molar-refractivity contribution in [1.29, 1.82) is 5.26 Å². The van der Waals surface area contributed by atoms with Gasteiger partial charge in [0, 0.05) is 36.9 Å². The van der Waals surface area contributed by atoms with Gasteiger partial charge in [0.1, 0.15) is 11.8 Å². The molecule has 1 saturated carbocycles. The number of hydrogen-bond acceptors (Lipinski definition) is 4. The van der Waals surface area contributed by atoms with E-state index >= 15 is 0 Å². The summed E-state index contributed by atoms with van der Waals surface area (Å²) in [6.07, 6.45) is 8.23. The Morgan fingerprint density at radius 1 is 1.35 bits per heavy atom. The second kappa shape index (κ2) is 6.34. The maximum absolute atomic E-state index is 9.16. The fourth-order valence-electron chi connectivity index (χ4n) is 3.03. The average Bonchev–Trinajstić information content (AvgIpc) is 3.33. The molecule has 0 aromatic carbocycles. The molecule has 4 heteroatoms. The fraction of sp³-hybridized carbons (Fsp3) is 0.625. The summed E-state index contributed by atoms with van der Waals surface area (Å²) in [6.45, 7) is 3.11. The van der Waals surface area contributed by atoms with Crippen molar-refractivity contribution in [2.45, 2.75) is 50.7 Å². The van der Waals surface area contributed by atoms with E-state index in [0.29, 0.717) is 17.8 Å². The van der Waals surface area contributed by atoms with Crippen LogP contribution in [0.15, 0.2) is 18.3 Å². The van der Waals surface area contributed by atoms with Gasteiger partial charge < -0.3 is 5.32 Å². The van der Waals surface area contributed by atoms with E-state index in [0.717, 1.165) is 25.2 Å². The van der Waals surface area contributed by atoms with E-state index in [1.807, 2.05) is 12.1 Å². The number of nitrogens with one attached hydrogen (secondary N) is 1. The number of rotatable bonds is 5. The van der Waals surface area contributed by atoms with Gasteiger partial charge in [0.25, 0.3) is 0 Å². The highest BCUT2D eigenvalue weighted by Crippen LogP contribution is 2.29. The summed E-state index contributed by atoms with van der Waals surface area (Å²) in [4.78, 5) is 6.72. The topological polar surface area (TPSA) is 52.0 Å². The lowest BCUT2D eigenvalue weighted by Crippen LogP contribution is -2.44. The fourth-order valence-corrected chi connectivity index (χ4v) is 3.03. The molecule has 1 N–H and O–H groups in total. The van der Waals surface area contributed by atoms with Crippen molar-refractivity contribution in [2.24, 2.45) is 0 Å². The van der Waals surface area contributed by atoms with Gasteiger partial charge in [0.05, 0.1) is 0 Å². The molecule has 1 aliphatic carbocycles. The van der Waals surface area contributed by atoms with Crippen LogP contribution < -0.4 is 5.32 Å². The predicted octanol–water partition coefficient (Wildman–Crippen LogP) is 2.06. The maximum Gasteiger partial charge on any atom is 0.144 e. The summed E-state index contributed by atoms with van der Waals surface area (Å²) in [7, 11) is 0. The van der Waals surface area contributed by atoms with Crippen molar-refractivity contribution >= 4 is 0 Å². The standard InChI is InChI=1S/C16H22N4/c17-10-16-13(4-3-9-19-16)11-20(15-6-7-15)12-14-5-1-2-8-18-14/h3-4,9,14-15,18H,1-2,5-8,11-12H2. The number of nitrogens with zero attached hydrogens (tertiary/aromatic N) is 3. The summed E-state index contributed by atoms with van der Waals surface area (Å²) >= 11 is 0. The third-order valence-electron chi connectivity index (χ3n) is 4.30. The van der Waals surface area contributed by atoms with Crippen molar-refractivity contribution in [1.82, 2.24) is 15.2 Å². The highest BCUT2D eigenvalue weighted by molar-refractivity contribution is 5.30. The molecule has 106 valence electrons. The molecule has 0 bridgehead atoms. The van der Waals surface area contributed by atoms with Crippen molar-refractivity contribution in [3.05, 3.63) is 29.6 Å². The minimum atomic E-state index is 0.578. The molecule has 2 aliphatic rings. The lowest BCUT2D eigenvalue weighted by Gasteiger charge is -2.30. The molecule has 0 radical (unpaired) electrons. The van der Waals surface area contributed by atoms with Crippen LogP contribution in [0.3, 0.4) is 0 Å². The Morgan fingerprint density at radius 2 is 2.25 bits per heavy atom. The third-order valence-corrected chi connectivity index (χ3v) is 4.30. The molecule has 4 nitrogen and oxygen atoms in total. The van der Waals surface area contributed by atoms with E-state index in [1.165, 1.54) is 32.1 Å². The molecule has 1 aliphatic heterocycles. The predicted molar refractivity (Wildman–Crippen MR) is 78.0 cm³/mol. The zero-order valence-corrected chi connectivity index (χ0v) is 11.9. The van der Waals surface area contributed by atoms with Gasteiger partial charge in [-0.1, -0.05) is 12.5 Å². The van der Waals surface area contributed by atoms with Crippen LogP contribution in [0.4, 0.5) is 0 Å². The van der Waals surface area contributed by atoms with E-state index in [4.69, 9.17) is 5.26 Å². The van der Waals surface area contributed by atoms with Gasteiger partial charge in [0.15, 0.2) is 0 Å². The van der Waals surface area contributed by atoms with Crippen molar-refractivity contribution in [3.8, 4) is 6.07 Å². The van der Waals surface area contributed by atoms with Crippen molar-refractivity contribution in [2.75, 3.05) is 13.1 Å². The zero-order chi connectivity index (χ0) is 13.8. The van der Waals surface area contributed by atoms with Gasteiger partial charge in [-0.3, -0.25) is 4.90 Å². The third kappa shape index (κ3) is 3.36. The quantitative estimate of drug-likeness (QED) is 0.890. The number of nitriles is 1. The normalized spacial score (nSPS) is 22.7. The van der Waals surface area contributed by atoms with Gasteiger partial charge in [-0.2, -0.15) is 5.26 Å². The molecule has 1 saturated heterocycles. The first kappa shape index (κ1) is 13.5. The molecule has 0 spiro atoms. The summed E-state index contributed by atoms with van der Waals surface area (Å²) in [5.41, 5.74) is 1.65. The maximum atomic E-state index is 9.16. The average molecular weight is 270 g/mol. The van der Waals surface area contributed by atoms with E-state index in [2.05, 4.69) is 21.3 Å². The minimum absolute atomic E-state index is 0.578. The Bertz CT molecular complexity index is 483. The van der Waals surface area contributed by atoms with Crippen LogP contribution in [0.25, 0.3) is 0 Å². The monoisotopic (exact) mass is 270 g/mol. The largest absolute Gasteiger partial charge is 0.313 e. The van der Waals surface area contributed by atoms with Crippen LogP contribution in [-0.2, 0) is 6.54 Å². The first-order chi connectivity index (χ1) is 9.86. The van der Waals surface area contributed by atoms with Crippen LogP contribution in [-0.4, -0.2) is 35.1 Å².